The summed E-state index contributed by atoms with van der Waals surface area (Å²) in [5.74, 6) is 2.37. The summed E-state index contributed by atoms with van der Waals surface area (Å²) >= 11 is 7.53. The predicted octanol–water partition coefficient (Wildman–Crippen LogP) is 4.10. The second-order valence-electron chi connectivity index (χ2n) is 5.46. The molecular formula is C17H18ClN3O3S. The van der Waals surface area contributed by atoms with Crippen LogP contribution in [0.2, 0.25) is 4.34 Å². The monoisotopic (exact) mass is 379 g/mol. The van der Waals surface area contributed by atoms with E-state index < -0.39 is 0 Å². The van der Waals surface area contributed by atoms with Gasteiger partial charge in [0, 0.05) is 17.5 Å². The minimum Gasteiger partial charge on any atom is -0.497 e. The molecule has 2 aromatic heterocycles. The summed E-state index contributed by atoms with van der Waals surface area (Å²) in [5, 5.41) is 4.06. The van der Waals surface area contributed by atoms with Crippen LogP contribution in [0.25, 0.3) is 11.4 Å². The standard InChI is InChI=1S/C17H18ClN3O3S/c1-21(9-12-5-7-15(18)25-12)10-16-19-17(20-24-16)13-6-4-11(22-2)8-14(13)23-3/h4-8H,9-10H2,1-3H3. The van der Waals surface area contributed by atoms with E-state index >= 15 is 0 Å². The van der Waals surface area contributed by atoms with Gasteiger partial charge in [-0.3, -0.25) is 4.90 Å². The van der Waals surface area contributed by atoms with Crippen molar-refractivity contribution in [3.05, 3.63) is 45.4 Å². The molecule has 0 spiro atoms. The number of hydrogen-bond donors (Lipinski definition) is 0. The topological polar surface area (TPSA) is 60.6 Å². The molecule has 2 heterocycles. The van der Waals surface area contributed by atoms with Gasteiger partial charge >= 0.3 is 0 Å². The van der Waals surface area contributed by atoms with E-state index in [0.29, 0.717) is 29.8 Å². The second kappa shape index (κ2) is 7.86. The van der Waals surface area contributed by atoms with Crippen molar-refractivity contribution in [3.8, 4) is 22.9 Å². The minimum absolute atomic E-state index is 0.488. The zero-order chi connectivity index (χ0) is 17.8. The zero-order valence-electron chi connectivity index (χ0n) is 14.2. The predicted molar refractivity (Wildman–Crippen MR) is 97.3 cm³/mol. The molecule has 0 aliphatic rings. The fraction of sp³-hybridized carbons (Fsp3) is 0.294. The third kappa shape index (κ3) is 4.31. The molecule has 3 aromatic rings. The van der Waals surface area contributed by atoms with Gasteiger partial charge in [0.2, 0.25) is 11.7 Å². The number of nitrogens with zero attached hydrogens (tertiary/aromatic N) is 3. The van der Waals surface area contributed by atoms with Crippen molar-refractivity contribution in [2.24, 2.45) is 0 Å². The number of aromatic nitrogens is 2. The van der Waals surface area contributed by atoms with Crippen molar-refractivity contribution in [2.45, 2.75) is 13.1 Å². The van der Waals surface area contributed by atoms with E-state index in [1.165, 1.54) is 4.88 Å². The van der Waals surface area contributed by atoms with Crippen molar-refractivity contribution in [3.63, 3.8) is 0 Å². The highest BCUT2D eigenvalue weighted by Gasteiger charge is 2.15. The lowest BCUT2D eigenvalue weighted by Gasteiger charge is -2.12. The average Bonchev–Trinajstić information content (AvgIpc) is 3.23. The van der Waals surface area contributed by atoms with Crippen molar-refractivity contribution in [2.75, 3.05) is 21.3 Å². The van der Waals surface area contributed by atoms with E-state index in [-0.39, 0.29) is 0 Å². The molecule has 1 aromatic carbocycles. The number of rotatable bonds is 7. The molecule has 3 rings (SSSR count). The van der Waals surface area contributed by atoms with Crippen LogP contribution in [0.15, 0.2) is 34.9 Å². The number of ether oxygens (including phenoxy) is 2. The first-order valence-electron chi connectivity index (χ1n) is 7.56. The Morgan fingerprint density at radius 2 is 2.00 bits per heavy atom. The Balaban J connectivity index is 1.72. The summed E-state index contributed by atoms with van der Waals surface area (Å²) in [6.45, 7) is 1.31. The van der Waals surface area contributed by atoms with Crippen LogP contribution >= 0.6 is 22.9 Å². The lowest BCUT2D eigenvalue weighted by Crippen LogP contribution is -2.16. The van der Waals surface area contributed by atoms with Gasteiger partial charge in [0.15, 0.2) is 0 Å². The molecule has 6 nitrogen and oxygen atoms in total. The highest BCUT2D eigenvalue weighted by Crippen LogP contribution is 2.31. The van der Waals surface area contributed by atoms with E-state index in [1.807, 2.05) is 31.3 Å². The van der Waals surface area contributed by atoms with Gasteiger partial charge in [-0.1, -0.05) is 16.8 Å². The van der Waals surface area contributed by atoms with Gasteiger partial charge in [-0.15, -0.1) is 11.3 Å². The van der Waals surface area contributed by atoms with Crippen LogP contribution in [-0.2, 0) is 13.1 Å². The molecule has 0 atom stereocenters. The molecule has 0 fully saturated rings. The fourth-order valence-electron chi connectivity index (χ4n) is 2.40. The first-order chi connectivity index (χ1) is 12.1. The first kappa shape index (κ1) is 17.7. The zero-order valence-corrected chi connectivity index (χ0v) is 15.7. The largest absolute Gasteiger partial charge is 0.497 e. The maximum Gasteiger partial charge on any atom is 0.241 e. The van der Waals surface area contributed by atoms with Crippen LogP contribution in [-0.4, -0.2) is 36.3 Å². The highest BCUT2D eigenvalue weighted by molar-refractivity contribution is 7.16. The van der Waals surface area contributed by atoms with Crippen LogP contribution < -0.4 is 9.47 Å². The van der Waals surface area contributed by atoms with Crippen molar-refractivity contribution >= 4 is 22.9 Å². The summed E-state index contributed by atoms with van der Waals surface area (Å²) < 4.78 is 16.8. The van der Waals surface area contributed by atoms with Crippen LogP contribution in [0.3, 0.4) is 0 Å². The van der Waals surface area contributed by atoms with Gasteiger partial charge in [-0.25, -0.2) is 0 Å². The molecule has 8 heteroatoms. The Hall–Kier alpha value is -2.09. The Morgan fingerprint density at radius 1 is 1.16 bits per heavy atom. The maximum atomic E-state index is 5.96. The Kier molecular flexibility index (Phi) is 5.57. The Bertz CT molecular complexity index is 849. The highest BCUT2D eigenvalue weighted by atomic mass is 35.5. The molecule has 0 radical (unpaired) electrons. The molecule has 0 aliphatic heterocycles. The van der Waals surface area contributed by atoms with Gasteiger partial charge in [0.25, 0.3) is 0 Å². The lowest BCUT2D eigenvalue weighted by molar-refractivity contribution is 0.262. The van der Waals surface area contributed by atoms with Gasteiger partial charge < -0.3 is 14.0 Å². The minimum atomic E-state index is 0.488. The fourth-order valence-corrected chi connectivity index (χ4v) is 3.57. The summed E-state index contributed by atoms with van der Waals surface area (Å²) in [5.41, 5.74) is 0.756. The summed E-state index contributed by atoms with van der Waals surface area (Å²) in [7, 11) is 5.20. The normalized spacial score (nSPS) is 11.1. The summed E-state index contributed by atoms with van der Waals surface area (Å²) in [6.07, 6.45) is 0. The first-order valence-corrected chi connectivity index (χ1v) is 8.76. The van der Waals surface area contributed by atoms with Crippen molar-refractivity contribution in [1.29, 1.82) is 0 Å². The van der Waals surface area contributed by atoms with E-state index in [0.717, 1.165) is 16.4 Å². The van der Waals surface area contributed by atoms with Gasteiger partial charge in [0.05, 0.1) is 30.7 Å². The number of thiophene rings is 1. The molecule has 132 valence electrons. The molecule has 0 saturated carbocycles. The van der Waals surface area contributed by atoms with Gasteiger partial charge in [-0.05, 0) is 31.3 Å². The van der Waals surface area contributed by atoms with Crippen LogP contribution in [0, 0.1) is 0 Å². The van der Waals surface area contributed by atoms with E-state index in [9.17, 15) is 0 Å². The van der Waals surface area contributed by atoms with E-state index in [2.05, 4.69) is 15.0 Å². The SMILES string of the molecule is COc1ccc(-c2noc(CN(C)Cc3ccc(Cl)s3)n2)c(OC)c1. The van der Waals surface area contributed by atoms with E-state index in [1.54, 1.807) is 31.6 Å². The van der Waals surface area contributed by atoms with Crippen molar-refractivity contribution < 1.29 is 14.0 Å². The Morgan fingerprint density at radius 3 is 2.68 bits per heavy atom. The number of hydrogen-bond acceptors (Lipinski definition) is 7. The smallest absolute Gasteiger partial charge is 0.241 e. The van der Waals surface area contributed by atoms with Crippen molar-refractivity contribution in [1.82, 2.24) is 15.0 Å². The third-order valence-electron chi connectivity index (χ3n) is 3.58. The molecule has 0 bridgehead atoms. The van der Waals surface area contributed by atoms with Gasteiger partial charge in [0.1, 0.15) is 11.5 Å². The summed E-state index contributed by atoms with van der Waals surface area (Å²) in [4.78, 5) is 7.74. The molecule has 0 N–H and O–H groups in total. The molecule has 0 amide bonds. The van der Waals surface area contributed by atoms with Crippen LogP contribution in [0.5, 0.6) is 11.5 Å². The number of benzene rings is 1. The second-order valence-corrected chi connectivity index (χ2v) is 7.26. The third-order valence-corrected chi connectivity index (χ3v) is 4.79. The van der Waals surface area contributed by atoms with Gasteiger partial charge in [-0.2, -0.15) is 4.98 Å². The molecule has 0 saturated heterocycles. The van der Waals surface area contributed by atoms with Crippen LogP contribution in [0.4, 0.5) is 0 Å². The molecule has 25 heavy (non-hydrogen) atoms. The summed E-state index contributed by atoms with van der Waals surface area (Å²) in [6, 6.07) is 9.39. The molecule has 0 unspecified atom stereocenters. The quantitative estimate of drug-likeness (QED) is 0.616. The number of halogens is 1. The lowest BCUT2D eigenvalue weighted by atomic mass is 10.2. The molecule has 0 aliphatic carbocycles. The molecular weight excluding hydrogens is 362 g/mol. The average molecular weight is 380 g/mol. The van der Waals surface area contributed by atoms with Crippen LogP contribution in [0.1, 0.15) is 10.8 Å². The van der Waals surface area contributed by atoms with E-state index in [4.69, 9.17) is 25.6 Å². The maximum absolute atomic E-state index is 5.96. The number of methoxy groups -OCH3 is 2. The Labute approximate surface area is 154 Å².